The van der Waals surface area contributed by atoms with Gasteiger partial charge in [-0.1, -0.05) is 122 Å². The van der Waals surface area contributed by atoms with Crippen LogP contribution < -0.4 is 21.3 Å². The van der Waals surface area contributed by atoms with E-state index >= 15 is 14.4 Å². The first kappa shape index (κ1) is 79.9. The molecule has 1 heterocycles. The molecule has 0 spiro atoms. The summed E-state index contributed by atoms with van der Waals surface area (Å²) in [5, 5.41) is 23.4. The number of allylic oxidation sites excluding steroid dienone is 2. The van der Waals surface area contributed by atoms with Crippen molar-refractivity contribution in [3.05, 3.63) is 12.2 Å². The topological polar surface area (TPSA) is 279 Å². The summed E-state index contributed by atoms with van der Waals surface area (Å²) in [7, 11) is 10.00. The Labute approximate surface area is 527 Å². The van der Waals surface area contributed by atoms with Crippen LogP contribution in [0.3, 0.4) is 0 Å². The molecule has 0 aromatic rings. The molecule has 1 fully saturated rings. The van der Waals surface area contributed by atoms with Gasteiger partial charge in [0.1, 0.15) is 60.4 Å². The van der Waals surface area contributed by atoms with Crippen molar-refractivity contribution in [1.82, 2.24) is 55.6 Å². The summed E-state index contributed by atoms with van der Waals surface area (Å²) in [6, 6.07) is -12.2. The van der Waals surface area contributed by atoms with Gasteiger partial charge in [0.2, 0.25) is 65.0 Å². The Kier molecular flexibility index (Phi) is 33.7. The van der Waals surface area contributed by atoms with Crippen LogP contribution in [0.4, 0.5) is 0 Å². The molecule has 23 heteroatoms. The molecule has 1 rings (SSSR count). The van der Waals surface area contributed by atoms with E-state index in [1.165, 1.54) is 80.8 Å². The summed E-state index contributed by atoms with van der Waals surface area (Å²) < 4.78 is 0. The number of nitrogens with one attached hydrogen (secondary N) is 4. The highest BCUT2D eigenvalue weighted by Crippen LogP contribution is 2.26. The number of likely N-dealkylation sites (N-methyl/N-ethyl adjacent to an activating group) is 7. The number of carbonyl (C=O) groups is 11. The molecular formula is C65H117N11O12. The van der Waals surface area contributed by atoms with E-state index in [4.69, 9.17) is 0 Å². The molecule has 11 amide bonds. The highest BCUT2D eigenvalue weighted by atomic mass is 16.3. The van der Waals surface area contributed by atoms with Crippen molar-refractivity contribution in [3.8, 4) is 0 Å². The second-order valence-electron chi connectivity index (χ2n) is 27.2. The van der Waals surface area contributed by atoms with Crippen molar-refractivity contribution in [1.29, 1.82) is 0 Å². The van der Waals surface area contributed by atoms with Gasteiger partial charge in [-0.25, -0.2) is 0 Å². The van der Waals surface area contributed by atoms with Gasteiger partial charge in [0, 0.05) is 49.3 Å². The highest BCUT2D eigenvalue weighted by molar-refractivity contribution is 5.99. The average molecular weight is 1240 g/mol. The molecule has 0 aliphatic carbocycles. The first-order valence-electron chi connectivity index (χ1n) is 32.1. The van der Waals surface area contributed by atoms with Crippen LogP contribution in [-0.4, -0.2) is 227 Å². The molecule has 88 heavy (non-hydrogen) atoms. The minimum Gasteiger partial charge on any atom is -0.390 e. The second kappa shape index (κ2) is 37.1. The van der Waals surface area contributed by atoms with E-state index in [0.29, 0.717) is 12.8 Å². The van der Waals surface area contributed by atoms with Crippen LogP contribution in [0.5, 0.6) is 0 Å². The molecule has 12 atom stereocenters. The van der Waals surface area contributed by atoms with Crippen molar-refractivity contribution < 1.29 is 57.8 Å². The van der Waals surface area contributed by atoms with Crippen molar-refractivity contribution in [2.24, 2.45) is 41.4 Å². The molecule has 0 bridgehead atoms. The highest BCUT2D eigenvalue weighted by Gasteiger charge is 2.46. The Bertz CT molecular complexity index is 2380. The summed E-state index contributed by atoms with van der Waals surface area (Å²) in [6.07, 6.45) is 3.82. The third-order valence-corrected chi connectivity index (χ3v) is 16.6. The van der Waals surface area contributed by atoms with Gasteiger partial charge in [0.05, 0.1) is 12.6 Å². The van der Waals surface area contributed by atoms with Crippen LogP contribution >= 0.6 is 0 Å². The molecule has 504 valence electrons. The molecule has 1 aliphatic rings. The monoisotopic (exact) mass is 1240 g/mol. The van der Waals surface area contributed by atoms with Crippen LogP contribution in [0.1, 0.15) is 175 Å². The van der Waals surface area contributed by atoms with Gasteiger partial charge < -0.3 is 60.7 Å². The van der Waals surface area contributed by atoms with Crippen LogP contribution in [-0.2, 0) is 52.7 Å². The number of amides is 11. The van der Waals surface area contributed by atoms with E-state index in [0.717, 1.165) is 9.80 Å². The largest absolute Gasteiger partial charge is 0.390 e. The number of aliphatic hydroxyl groups is 1. The molecule has 0 saturated carbocycles. The summed E-state index contributed by atoms with van der Waals surface area (Å²) >= 11 is 0. The van der Waals surface area contributed by atoms with Crippen molar-refractivity contribution >= 4 is 65.0 Å². The molecular weight excluding hydrogens is 1130 g/mol. The smallest absolute Gasteiger partial charge is 0.246 e. The molecule has 23 nitrogen and oxygen atoms in total. The number of aliphatic hydroxyl groups excluding tert-OH is 1. The number of hydrogen-bond acceptors (Lipinski definition) is 12. The zero-order valence-electron chi connectivity index (χ0n) is 58.2. The second-order valence-corrected chi connectivity index (χ2v) is 27.2. The number of rotatable bonds is 18. The quantitative estimate of drug-likeness (QED) is 0.119. The van der Waals surface area contributed by atoms with Gasteiger partial charge in [-0.3, -0.25) is 52.7 Å². The van der Waals surface area contributed by atoms with E-state index < -0.39 is 150 Å². The Morgan fingerprint density at radius 1 is 0.455 bits per heavy atom. The lowest BCUT2D eigenvalue weighted by atomic mass is 9.91. The predicted octanol–water partition coefficient (Wildman–Crippen LogP) is 4.44. The molecule has 0 aromatic heterocycles. The lowest BCUT2D eigenvalue weighted by Crippen LogP contribution is -2.63. The maximum atomic E-state index is 15.2. The van der Waals surface area contributed by atoms with Crippen molar-refractivity contribution in [2.75, 3.05) is 55.9 Å². The van der Waals surface area contributed by atoms with E-state index in [9.17, 15) is 43.5 Å². The normalized spacial score (nSPS) is 26.4. The number of hydrogen-bond donors (Lipinski definition) is 5. The first-order chi connectivity index (χ1) is 40.7. The van der Waals surface area contributed by atoms with E-state index in [-0.39, 0.29) is 74.5 Å². The standard InChI is InChI=1S/C65H117N11O12/c1-25-28-30-43(16)55(78)54-59(82)67-45(27-3)61(84)70(18)36-52(77)71(19)48(29-26-2)57(80)69-47(32-38(6)7)62(85)72(20)49(33-39(8)9)58(81)68-46(31-37(4)5)56(79)66-44(17)60(83)73(21)50(34-40(10)11)63(86)74(22)51(35-41(12)13)64(87)75(23)53(42(14)15)65(88)76(54)24/h25,28,37-51,53-55,78H,26-27,29-36H2,1-24H3,(H,66,79)(H,67,82)(H,68,81)(H,69,80)/b28-25+/t43-,44-,45+,46+,47+,48+,49+,50+,51+,53+,54+,55-/m1/s1. The molecule has 1 saturated heterocycles. The summed E-state index contributed by atoms with van der Waals surface area (Å²) in [4.78, 5) is 170. The van der Waals surface area contributed by atoms with Gasteiger partial charge >= 0.3 is 0 Å². The molecule has 0 aromatic carbocycles. The summed E-state index contributed by atoms with van der Waals surface area (Å²) in [5.41, 5.74) is 0. The third-order valence-electron chi connectivity index (χ3n) is 16.6. The van der Waals surface area contributed by atoms with Crippen molar-refractivity contribution in [3.63, 3.8) is 0 Å². The Hall–Kier alpha value is -6.13. The fraction of sp³-hybridized carbons (Fsp3) is 0.800. The van der Waals surface area contributed by atoms with E-state index in [2.05, 4.69) is 21.3 Å². The van der Waals surface area contributed by atoms with Gasteiger partial charge in [0.25, 0.3) is 0 Å². The fourth-order valence-electron chi connectivity index (χ4n) is 11.4. The average Bonchev–Trinajstić information content (AvgIpc) is 1.58. The zero-order valence-corrected chi connectivity index (χ0v) is 58.2. The summed E-state index contributed by atoms with van der Waals surface area (Å²) in [5.74, 6) is -9.16. The SMILES string of the molecule is C/C=C/C[C@@H](C)[C@@H](O)[C@H]1C(=O)N[C@@H](CC)C(=O)N(C)CC(=O)N(C)[C@@H](CCC)C(=O)N[C@@H](CC(C)C)C(=O)N(C)[C@@H](CC(C)C)C(=O)N[C@@H](CC(C)C)C(=O)N[C@H](C)C(=O)N(C)[C@@H](CC(C)C)C(=O)N(C)[C@@H](CC(C)C)C(=O)N(C)[C@@H](C(C)C)C(=O)N1C. The first-order valence-corrected chi connectivity index (χ1v) is 32.1. The molecule has 0 unspecified atom stereocenters. The Balaban J connectivity index is 4.41. The lowest BCUT2D eigenvalue weighted by Gasteiger charge is -2.41. The molecule has 5 N–H and O–H groups in total. The van der Waals surface area contributed by atoms with E-state index in [1.807, 2.05) is 82.2 Å². The Morgan fingerprint density at radius 2 is 0.875 bits per heavy atom. The van der Waals surface area contributed by atoms with E-state index in [1.54, 1.807) is 40.7 Å². The van der Waals surface area contributed by atoms with Crippen LogP contribution in [0, 0.1) is 41.4 Å². The number of nitrogens with zero attached hydrogens (tertiary/aromatic N) is 7. The minimum atomic E-state index is -1.61. The number of carbonyl (C=O) groups excluding carboxylic acids is 11. The Morgan fingerprint density at radius 3 is 1.34 bits per heavy atom. The molecule has 0 radical (unpaired) electrons. The lowest BCUT2D eigenvalue weighted by molar-refractivity contribution is -0.157. The van der Waals surface area contributed by atoms with Crippen LogP contribution in [0.2, 0.25) is 0 Å². The van der Waals surface area contributed by atoms with Gasteiger partial charge in [-0.15, -0.1) is 0 Å². The van der Waals surface area contributed by atoms with Gasteiger partial charge in [-0.05, 0) is 107 Å². The fourth-order valence-corrected chi connectivity index (χ4v) is 11.4. The minimum absolute atomic E-state index is 0.0255. The molecule has 1 aliphatic heterocycles. The third kappa shape index (κ3) is 23.0. The van der Waals surface area contributed by atoms with Crippen LogP contribution in [0.25, 0.3) is 0 Å². The maximum Gasteiger partial charge on any atom is 0.246 e. The maximum absolute atomic E-state index is 15.2. The van der Waals surface area contributed by atoms with Crippen LogP contribution in [0.15, 0.2) is 12.2 Å². The van der Waals surface area contributed by atoms with Crippen molar-refractivity contribution in [2.45, 2.75) is 242 Å². The zero-order chi connectivity index (χ0) is 68.1. The van der Waals surface area contributed by atoms with Gasteiger partial charge in [-0.2, -0.15) is 0 Å². The summed E-state index contributed by atoms with van der Waals surface area (Å²) in [6.45, 7) is 30.2. The van der Waals surface area contributed by atoms with Gasteiger partial charge in [0.15, 0.2) is 0 Å². The predicted molar refractivity (Wildman–Crippen MR) is 342 cm³/mol.